The largest absolute Gasteiger partial charge is 0.494 e. The van der Waals surface area contributed by atoms with Crippen molar-refractivity contribution in [3.05, 3.63) is 29.3 Å². The Morgan fingerprint density at radius 1 is 1.47 bits per heavy atom. The summed E-state index contributed by atoms with van der Waals surface area (Å²) in [5.41, 5.74) is 8.38. The molecule has 1 rings (SSSR count). The molecule has 0 aliphatic heterocycles. The van der Waals surface area contributed by atoms with Crippen molar-refractivity contribution < 1.29 is 4.74 Å². The van der Waals surface area contributed by atoms with Gasteiger partial charge in [0.2, 0.25) is 0 Å². The molecule has 0 aliphatic rings. The van der Waals surface area contributed by atoms with Crippen LogP contribution in [0.3, 0.4) is 0 Å². The number of rotatable bonds is 5. The lowest BCUT2D eigenvalue weighted by Crippen LogP contribution is -2.13. The normalized spacial score (nSPS) is 12.5. The van der Waals surface area contributed by atoms with Crippen LogP contribution in [0.4, 0.5) is 0 Å². The highest BCUT2D eigenvalue weighted by molar-refractivity contribution is 7.98. The average Bonchev–Trinajstić information content (AvgIpc) is 2.21. The van der Waals surface area contributed by atoms with Gasteiger partial charge < -0.3 is 10.5 Å². The number of aryl methyl sites for hydroxylation is 1. The molecule has 0 heterocycles. The summed E-state index contributed by atoms with van der Waals surface area (Å²) < 4.78 is 5.49. The fraction of sp³-hybridized carbons (Fsp3) is 0.500. The van der Waals surface area contributed by atoms with E-state index in [1.54, 1.807) is 11.8 Å². The van der Waals surface area contributed by atoms with Crippen LogP contribution in [0.15, 0.2) is 18.2 Å². The number of thioether (sulfide) groups is 1. The Hall–Kier alpha value is -0.670. The van der Waals surface area contributed by atoms with Crippen molar-refractivity contribution in [2.24, 2.45) is 5.73 Å². The minimum absolute atomic E-state index is 0.120. The smallest absolute Gasteiger partial charge is 0.122 e. The van der Waals surface area contributed by atoms with Gasteiger partial charge in [-0.1, -0.05) is 12.1 Å². The number of nitrogens with two attached hydrogens (primary N) is 1. The van der Waals surface area contributed by atoms with Crippen molar-refractivity contribution in [3.63, 3.8) is 0 Å². The summed E-state index contributed by atoms with van der Waals surface area (Å²) >= 11 is 1.77. The zero-order chi connectivity index (χ0) is 11.3. The maximum atomic E-state index is 6.04. The molecular formula is C12H19NOS. The van der Waals surface area contributed by atoms with Gasteiger partial charge in [0, 0.05) is 11.8 Å². The molecule has 2 N–H and O–H groups in total. The Bertz CT molecular complexity index is 314. The first-order chi connectivity index (χ1) is 7.19. The van der Waals surface area contributed by atoms with Crippen LogP contribution in [0.1, 0.15) is 24.1 Å². The van der Waals surface area contributed by atoms with E-state index in [4.69, 9.17) is 10.5 Å². The first-order valence-corrected chi connectivity index (χ1v) is 6.56. The maximum Gasteiger partial charge on any atom is 0.122 e. The quantitative estimate of drug-likeness (QED) is 0.837. The molecule has 1 aromatic carbocycles. The summed E-state index contributed by atoms with van der Waals surface area (Å²) in [6.07, 6.45) is 2.07. The molecule has 0 spiro atoms. The predicted octanol–water partition coefficient (Wildman–Crippen LogP) is 2.76. The van der Waals surface area contributed by atoms with E-state index in [0.29, 0.717) is 6.61 Å². The highest BCUT2D eigenvalue weighted by atomic mass is 32.2. The monoisotopic (exact) mass is 225 g/mol. The van der Waals surface area contributed by atoms with Gasteiger partial charge in [0.25, 0.3) is 0 Å². The molecule has 0 aromatic heterocycles. The Kier molecular flexibility index (Phi) is 4.99. The highest BCUT2D eigenvalue weighted by Gasteiger charge is 2.07. The zero-order valence-electron chi connectivity index (χ0n) is 9.62. The summed E-state index contributed by atoms with van der Waals surface area (Å²) in [7, 11) is 0. The van der Waals surface area contributed by atoms with Gasteiger partial charge >= 0.3 is 0 Å². The van der Waals surface area contributed by atoms with E-state index in [-0.39, 0.29) is 6.04 Å². The second-order valence-corrected chi connectivity index (χ2v) is 4.43. The Balaban J connectivity index is 2.81. The number of ether oxygens (including phenoxy) is 1. The average molecular weight is 225 g/mol. The van der Waals surface area contributed by atoms with Crippen LogP contribution in [0, 0.1) is 6.92 Å². The van der Waals surface area contributed by atoms with E-state index in [0.717, 1.165) is 17.1 Å². The van der Waals surface area contributed by atoms with Crippen LogP contribution in [-0.4, -0.2) is 18.6 Å². The molecule has 0 amide bonds. The molecule has 1 atom stereocenters. The summed E-state index contributed by atoms with van der Waals surface area (Å²) in [5.74, 6) is 1.91. The topological polar surface area (TPSA) is 35.2 Å². The van der Waals surface area contributed by atoms with Gasteiger partial charge in [-0.15, -0.1) is 0 Å². The first-order valence-electron chi connectivity index (χ1n) is 5.17. The van der Waals surface area contributed by atoms with Crippen molar-refractivity contribution in [3.8, 4) is 5.75 Å². The molecule has 84 valence electrons. The van der Waals surface area contributed by atoms with Crippen LogP contribution in [0.5, 0.6) is 5.75 Å². The van der Waals surface area contributed by atoms with E-state index in [9.17, 15) is 0 Å². The van der Waals surface area contributed by atoms with Crippen molar-refractivity contribution in [2.75, 3.05) is 18.6 Å². The Morgan fingerprint density at radius 3 is 2.73 bits per heavy atom. The predicted molar refractivity (Wildman–Crippen MR) is 67.7 cm³/mol. The molecular weight excluding hydrogens is 206 g/mol. The molecule has 3 heteroatoms. The Labute approximate surface area is 96.2 Å². The lowest BCUT2D eigenvalue weighted by molar-refractivity contribution is 0.337. The molecule has 0 aliphatic carbocycles. The standard InChI is InChI=1S/C12H19NOS/c1-4-14-12-6-5-10(7-9(12)2)11(13)8-15-3/h5-7,11H,4,8,13H2,1-3H3. The van der Waals surface area contributed by atoms with E-state index < -0.39 is 0 Å². The second-order valence-electron chi connectivity index (χ2n) is 3.52. The van der Waals surface area contributed by atoms with Gasteiger partial charge in [0.05, 0.1) is 6.61 Å². The second kappa shape index (κ2) is 6.03. The van der Waals surface area contributed by atoms with E-state index >= 15 is 0 Å². The van der Waals surface area contributed by atoms with Gasteiger partial charge in [-0.2, -0.15) is 11.8 Å². The van der Waals surface area contributed by atoms with Gasteiger partial charge in [-0.25, -0.2) is 0 Å². The number of hydrogen-bond acceptors (Lipinski definition) is 3. The van der Waals surface area contributed by atoms with Crippen LogP contribution in [-0.2, 0) is 0 Å². The van der Waals surface area contributed by atoms with E-state index in [2.05, 4.69) is 25.3 Å². The highest BCUT2D eigenvalue weighted by Crippen LogP contribution is 2.23. The van der Waals surface area contributed by atoms with Gasteiger partial charge in [0.15, 0.2) is 0 Å². The lowest BCUT2D eigenvalue weighted by atomic mass is 10.1. The molecule has 0 saturated heterocycles. The van der Waals surface area contributed by atoms with Crippen LogP contribution >= 0.6 is 11.8 Å². The zero-order valence-corrected chi connectivity index (χ0v) is 10.4. The molecule has 1 aromatic rings. The van der Waals surface area contributed by atoms with Gasteiger partial charge in [-0.3, -0.25) is 0 Å². The number of hydrogen-bond donors (Lipinski definition) is 1. The van der Waals surface area contributed by atoms with Crippen molar-refractivity contribution in [2.45, 2.75) is 19.9 Å². The molecule has 1 unspecified atom stereocenters. The fourth-order valence-corrected chi connectivity index (χ4v) is 2.05. The maximum absolute atomic E-state index is 6.04. The van der Waals surface area contributed by atoms with Crippen molar-refractivity contribution in [1.29, 1.82) is 0 Å². The molecule has 15 heavy (non-hydrogen) atoms. The van der Waals surface area contributed by atoms with E-state index in [1.807, 2.05) is 13.0 Å². The van der Waals surface area contributed by atoms with Gasteiger partial charge in [-0.05, 0) is 37.3 Å². The minimum Gasteiger partial charge on any atom is -0.494 e. The third-order valence-electron chi connectivity index (χ3n) is 2.27. The molecule has 0 saturated carbocycles. The first kappa shape index (κ1) is 12.4. The Morgan fingerprint density at radius 2 is 2.20 bits per heavy atom. The summed E-state index contributed by atoms with van der Waals surface area (Å²) in [6.45, 7) is 4.75. The summed E-state index contributed by atoms with van der Waals surface area (Å²) in [5, 5.41) is 0. The number of benzene rings is 1. The SMILES string of the molecule is CCOc1ccc(C(N)CSC)cc1C. The molecule has 2 nitrogen and oxygen atoms in total. The van der Waals surface area contributed by atoms with Crippen LogP contribution < -0.4 is 10.5 Å². The van der Waals surface area contributed by atoms with Crippen molar-refractivity contribution in [1.82, 2.24) is 0 Å². The minimum atomic E-state index is 0.120. The van der Waals surface area contributed by atoms with Gasteiger partial charge in [0.1, 0.15) is 5.75 Å². The molecule has 0 fully saturated rings. The lowest BCUT2D eigenvalue weighted by Gasteiger charge is -2.13. The molecule has 0 bridgehead atoms. The van der Waals surface area contributed by atoms with Crippen molar-refractivity contribution >= 4 is 11.8 Å². The summed E-state index contributed by atoms with van der Waals surface area (Å²) in [4.78, 5) is 0. The fourth-order valence-electron chi connectivity index (χ4n) is 1.50. The third kappa shape index (κ3) is 3.43. The summed E-state index contributed by atoms with van der Waals surface area (Å²) in [6, 6.07) is 6.30. The van der Waals surface area contributed by atoms with E-state index in [1.165, 1.54) is 5.56 Å². The molecule has 0 radical (unpaired) electrons. The third-order valence-corrected chi connectivity index (χ3v) is 2.97. The van der Waals surface area contributed by atoms with Crippen LogP contribution in [0.2, 0.25) is 0 Å². The van der Waals surface area contributed by atoms with Crippen LogP contribution in [0.25, 0.3) is 0 Å².